The van der Waals surface area contributed by atoms with Gasteiger partial charge in [-0.2, -0.15) is 11.8 Å². The number of carbonyl (C=O) groups is 1. The van der Waals surface area contributed by atoms with Gasteiger partial charge in [-0.3, -0.25) is 4.79 Å². The quantitative estimate of drug-likeness (QED) is 0.782. The summed E-state index contributed by atoms with van der Waals surface area (Å²) >= 11 is 7.63. The van der Waals surface area contributed by atoms with Crippen molar-refractivity contribution in [3.05, 3.63) is 28.8 Å². The van der Waals surface area contributed by atoms with Crippen LogP contribution in [0.5, 0.6) is 0 Å². The lowest BCUT2D eigenvalue weighted by Gasteiger charge is -2.09. The maximum Gasteiger partial charge on any atom is 0.238 e. The van der Waals surface area contributed by atoms with E-state index in [1.165, 1.54) is 0 Å². The molecule has 0 aromatic heterocycles. The summed E-state index contributed by atoms with van der Waals surface area (Å²) in [7, 11) is 0. The Kier molecular flexibility index (Phi) is 6.40. The largest absolute Gasteiger partial charge is 0.325 e. The number of nitrogens with one attached hydrogen (secondary N) is 2. The van der Waals surface area contributed by atoms with Gasteiger partial charge in [0.2, 0.25) is 5.91 Å². The average molecular weight is 273 g/mol. The Hall–Kier alpha value is -0.710. The molecule has 0 aliphatic rings. The van der Waals surface area contributed by atoms with Crippen LogP contribution in [0.4, 0.5) is 5.69 Å². The second-order valence-corrected chi connectivity index (χ2v) is 5.10. The minimum atomic E-state index is -0.0449. The van der Waals surface area contributed by atoms with Gasteiger partial charge in [-0.1, -0.05) is 17.7 Å². The van der Waals surface area contributed by atoms with Crippen molar-refractivity contribution in [2.75, 3.05) is 30.4 Å². The minimum Gasteiger partial charge on any atom is -0.325 e. The Morgan fingerprint density at radius 2 is 2.24 bits per heavy atom. The number of hydrogen-bond donors (Lipinski definition) is 2. The van der Waals surface area contributed by atoms with Crippen LogP contribution < -0.4 is 10.6 Å². The van der Waals surface area contributed by atoms with E-state index < -0.39 is 0 Å². The fourth-order valence-corrected chi connectivity index (χ4v) is 1.82. The Bertz CT molecular complexity index is 385. The van der Waals surface area contributed by atoms with Crippen LogP contribution in [-0.4, -0.2) is 31.0 Å². The van der Waals surface area contributed by atoms with E-state index in [-0.39, 0.29) is 5.91 Å². The standard InChI is InChI=1S/C12H17ClN2OS/c1-9-3-4-10(13)7-11(9)15-12(16)8-14-5-6-17-2/h3-4,7,14H,5-6,8H2,1-2H3,(H,15,16). The number of thioether (sulfide) groups is 1. The molecule has 94 valence electrons. The summed E-state index contributed by atoms with van der Waals surface area (Å²) in [6.45, 7) is 3.10. The molecule has 3 nitrogen and oxygen atoms in total. The van der Waals surface area contributed by atoms with Gasteiger partial charge in [0.1, 0.15) is 0 Å². The van der Waals surface area contributed by atoms with Crippen LogP contribution in [0.2, 0.25) is 5.02 Å². The summed E-state index contributed by atoms with van der Waals surface area (Å²) in [5.74, 6) is 0.959. The highest BCUT2D eigenvalue weighted by Crippen LogP contribution is 2.19. The predicted molar refractivity (Wildman–Crippen MR) is 76.1 cm³/mol. The molecule has 1 aromatic rings. The number of carbonyl (C=O) groups excluding carboxylic acids is 1. The molecule has 0 saturated heterocycles. The third-order valence-corrected chi connectivity index (χ3v) is 3.09. The minimum absolute atomic E-state index is 0.0449. The van der Waals surface area contributed by atoms with Crippen molar-refractivity contribution >= 4 is 35.0 Å². The highest BCUT2D eigenvalue weighted by atomic mass is 35.5. The molecule has 0 unspecified atom stereocenters. The lowest BCUT2D eigenvalue weighted by molar-refractivity contribution is -0.115. The summed E-state index contributed by atoms with van der Waals surface area (Å²) in [4.78, 5) is 11.6. The summed E-state index contributed by atoms with van der Waals surface area (Å²) in [6, 6.07) is 5.46. The summed E-state index contributed by atoms with van der Waals surface area (Å²) in [5.41, 5.74) is 1.78. The fourth-order valence-electron chi connectivity index (χ4n) is 1.30. The van der Waals surface area contributed by atoms with Crippen molar-refractivity contribution < 1.29 is 4.79 Å². The number of rotatable bonds is 6. The van der Waals surface area contributed by atoms with E-state index in [0.29, 0.717) is 11.6 Å². The highest BCUT2D eigenvalue weighted by molar-refractivity contribution is 7.98. The maximum atomic E-state index is 11.6. The first-order valence-electron chi connectivity index (χ1n) is 5.39. The molecule has 0 spiro atoms. The molecule has 0 saturated carbocycles. The van der Waals surface area contributed by atoms with Crippen LogP contribution in [0.15, 0.2) is 18.2 Å². The number of amides is 1. The number of aryl methyl sites for hydroxylation is 1. The van der Waals surface area contributed by atoms with Gasteiger partial charge < -0.3 is 10.6 Å². The number of halogens is 1. The third kappa shape index (κ3) is 5.44. The SMILES string of the molecule is CSCCNCC(=O)Nc1cc(Cl)ccc1C. The smallest absolute Gasteiger partial charge is 0.238 e. The molecule has 0 fully saturated rings. The zero-order valence-corrected chi connectivity index (χ0v) is 11.6. The van der Waals surface area contributed by atoms with Gasteiger partial charge in [-0.05, 0) is 30.9 Å². The van der Waals surface area contributed by atoms with Crippen LogP contribution in [0, 0.1) is 6.92 Å². The molecular weight excluding hydrogens is 256 g/mol. The van der Waals surface area contributed by atoms with Gasteiger partial charge >= 0.3 is 0 Å². The first-order chi connectivity index (χ1) is 8.13. The third-order valence-electron chi connectivity index (χ3n) is 2.24. The van der Waals surface area contributed by atoms with Crippen LogP contribution in [0.25, 0.3) is 0 Å². The molecule has 1 aromatic carbocycles. The normalized spacial score (nSPS) is 10.3. The fraction of sp³-hybridized carbons (Fsp3) is 0.417. The van der Waals surface area contributed by atoms with E-state index in [4.69, 9.17) is 11.6 Å². The van der Waals surface area contributed by atoms with Crippen molar-refractivity contribution in [2.45, 2.75) is 6.92 Å². The molecule has 0 aliphatic carbocycles. The Balaban J connectivity index is 2.42. The maximum absolute atomic E-state index is 11.6. The van der Waals surface area contributed by atoms with Crippen molar-refractivity contribution in [3.8, 4) is 0 Å². The van der Waals surface area contributed by atoms with Gasteiger partial charge in [-0.25, -0.2) is 0 Å². The summed E-state index contributed by atoms with van der Waals surface area (Å²) in [5, 5.41) is 6.54. The second kappa shape index (κ2) is 7.58. The molecule has 17 heavy (non-hydrogen) atoms. The van der Waals surface area contributed by atoms with Crippen LogP contribution in [-0.2, 0) is 4.79 Å². The molecule has 5 heteroatoms. The Labute approximate surface area is 111 Å². The van der Waals surface area contributed by atoms with Crippen molar-refractivity contribution in [1.29, 1.82) is 0 Å². The van der Waals surface area contributed by atoms with E-state index in [2.05, 4.69) is 10.6 Å². The van der Waals surface area contributed by atoms with Crippen molar-refractivity contribution in [1.82, 2.24) is 5.32 Å². The van der Waals surface area contributed by atoms with Crippen molar-refractivity contribution in [2.24, 2.45) is 0 Å². The van der Waals surface area contributed by atoms with Gasteiger partial charge in [-0.15, -0.1) is 0 Å². The van der Waals surface area contributed by atoms with E-state index in [9.17, 15) is 4.79 Å². The van der Waals surface area contributed by atoms with Gasteiger partial charge in [0.05, 0.1) is 6.54 Å². The van der Waals surface area contributed by atoms with E-state index in [0.717, 1.165) is 23.5 Å². The molecule has 0 bridgehead atoms. The van der Waals surface area contributed by atoms with Crippen molar-refractivity contribution in [3.63, 3.8) is 0 Å². The Morgan fingerprint density at radius 3 is 2.94 bits per heavy atom. The van der Waals surface area contributed by atoms with Gasteiger partial charge in [0, 0.05) is 23.0 Å². The van der Waals surface area contributed by atoms with Crippen LogP contribution in [0.3, 0.4) is 0 Å². The summed E-state index contributed by atoms with van der Waals surface area (Å²) < 4.78 is 0. The first kappa shape index (κ1) is 14.4. The average Bonchev–Trinajstić information content (AvgIpc) is 2.29. The Morgan fingerprint density at radius 1 is 1.47 bits per heavy atom. The molecule has 0 atom stereocenters. The lowest BCUT2D eigenvalue weighted by atomic mass is 10.2. The molecule has 0 aliphatic heterocycles. The highest BCUT2D eigenvalue weighted by Gasteiger charge is 2.04. The zero-order valence-electron chi connectivity index (χ0n) is 10.0. The van der Waals surface area contributed by atoms with E-state index >= 15 is 0 Å². The molecule has 0 radical (unpaired) electrons. The van der Waals surface area contributed by atoms with Crippen LogP contribution >= 0.6 is 23.4 Å². The lowest BCUT2D eigenvalue weighted by Crippen LogP contribution is -2.29. The van der Waals surface area contributed by atoms with Gasteiger partial charge in [0.25, 0.3) is 0 Å². The molecule has 0 heterocycles. The molecule has 2 N–H and O–H groups in total. The predicted octanol–water partition coefficient (Wildman–Crippen LogP) is 2.54. The molecule has 1 amide bonds. The number of hydrogen-bond acceptors (Lipinski definition) is 3. The molecular formula is C12H17ClN2OS. The zero-order chi connectivity index (χ0) is 12.7. The van der Waals surface area contributed by atoms with E-state index in [1.54, 1.807) is 17.8 Å². The topological polar surface area (TPSA) is 41.1 Å². The summed E-state index contributed by atoms with van der Waals surface area (Å²) in [6.07, 6.45) is 2.04. The van der Waals surface area contributed by atoms with E-state index in [1.807, 2.05) is 25.3 Å². The second-order valence-electron chi connectivity index (χ2n) is 3.68. The number of anilines is 1. The van der Waals surface area contributed by atoms with Gasteiger partial charge in [0.15, 0.2) is 0 Å². The monoisotopic (exact) mass is 272 g/mol. The first-order valence-corrected chi connectivity index (χ1v) is 7.16. The number of benzene rings is 1. The van der Waals surface area contributed by atoms with Crippen LogP contribution in [0.1, 0.15) is 5.56 Å². The molecule has 1 rings (SSSR count).